The second-order valence-corrected chi connectivity index (χ2v) is 5.42. The van der Waals surface area contributed by atoms with Gasteiger partial charge in [-0.05, 0) is 30.7 Å². The molecule has 1 aromatic rings. The number of halogens is 1. The maximum Gasteiger partial charge on any atom is 0.264 e. The van der Waals surface area contributed by atoms with Gasteiger partial charge in [0, 0.05) is 18.6 Å². The van der Waals surface area contributed by atoms with Crippen molar-refractivity contribution in [2.45, 2.75) is 6.92 Å². The molecule has 0 fully saturated rings. The van der Waals surface area contributed by atoms with E-state index in [0.717, 1.165) is 0 Å². The highest BCUT2D eigenvalue weighted by molar-refractivity contribution is 9.10. The average Bonchev–Trinajstić information content (AvgIpc) is 2.52. The molecule has 0 bridgehead atoms. The van der Waals surface area contributed by atoms with Crippen molar-refractivity contribution >= 4 is 27.9 Å². The third-order valence-electron chi connectivity index (χ3n) is 2.71. The van der Waals surface area contributed by atoms with Crippen LogP contribution in [0.4, 0.5) is 0 Å². The van der Waals surface area contributed by atoms with Gasteiger partial charge in [-0.2, -0.15) is 10.5 Å². The summed E-state index contributed by atoms with van der Waals surface area (Å²) in [5.41, 5.74) is 0.605. The van der Waals surface area contributed by atoms with Crippen molar-refractivity contribution in [2.75, 3.05) is 27.3 Å². The molecule has 0 N–H and O–H groups in total. The summed E-state index contributed by atoms with van der Waals surface area (Å²) in [6, 6.07) is 7.08. The molecule has 1 rings (SSSR count). The molecular formula is C16H16BrN3O3. The smallest absolute Gasteiger partial charge is 0.264 e. The second kappa shape index (κ2) is 8.82. The maximum atomic E-state index is 11.9. The molecule has 6 nitrogen and oxygen atoms in total. The molecule has 1 aromatic carbocycles. The molecule has 120 valence electrons. The number of carbonyl (C=O) groups is 1. The molecule has 23 heavy (non-hydrogen) atoms. The Morgan fingerprint density at radius 3 is 2.48 bits per heavy atom. The average molecular weight is 378 g/mol. The number of nitrogens with zero attached hydrogens (tertiary/aromatic N) is 3. The number of benzene rings is 1. The van der Waals surface area contributed by atoms with Gasteiger partial charge >= 0.3 is 0 Å². The minimum absolute atomic E-state index is 0.00356. The summed E-state index contributed by atoms with van der Waals surface area (Å²) in [6.07, 6.45) is 1.48. The van der Waals surface area contributed by atoms with E-state index in [1.54, 1.807) is 26.2 Å². The number of ether oxygens (including phenoxy) is 2. The fourth-order valence-corrected chi connectivity index (χ4v) is 2.13. The van der Waals surface area contributed by atoms with Gasteiger partial charge in [-0.3, -0.25) is 4.79 Å². The van der Waals surface area contributed by atoms with Crippen molar-refractivity contribution in [1.29, 1.82) is 10.5 Å². The Morgan fingerprint density at radius 2 is 1.96 bits per heavy atom. The van der Waals surface area contributed by atoms with E-state index in [-0.39, 0.29) is 18.1 Å². The molecule has 7 heteroatoms. The van der Waals surface area contributed by atoms with Crippen LogP contribution >= 0.6 is 15.9 Å². The Labute approximate surface area is 143 Å². The Bertz CT molecular complexity index is 700. The third-order valence-corrected chi connectivity index (χ3v) is 3.40. The van der Waals surface area contributed by atoms with Crippen LogP contribution in [0.3, 0.4) is 0 Å². The van der Waals surface area contributed by atoms with Crippen LogP contribution in [0.1, 0.15) is 12.5 Å². The number of likely N-dealkylation sites (N-methyl/N-ethyl adjacent to an activating group) is 1. The summed E-state index contributed by atoms with van der Waals surface area (Å²) >= 11 is 3.37. The van der Waals surface area contributed by atoms with Crippen LogP contribution < -0.4 is 9.47 Å². The number of amides is 1. The van der Waals surface area contributed by atoms with Gasteiger partial charge in [0.25, 0.3) is 5.91 Å². The SMILES string of the molecule is CCOc1cc(/C=C(/C#N)C(=O)N(C)C)c(Br)cc1OCC#N. The van der Waals surface area contributed by atoms with E-state index < -0.39 is 0 Å². The molecule has 0 heterocycles. The lowest BCUT2D eigenvalue weighted by atomic mass is 10.1. The number of hydrogen-bond acceptors (Lipinski definition) is 5. The fraction of sp³-hybridized carbons (Fsp3) is 0.312. The monoisotopic (exact) mass is 377 g/mol. The van der Waals surface area contributed by atoms with Crippen LogP contribution in [-0.4, -0.2) is 38.1 Å². The molecule has 0 aromatic heterocycles. The highest BCUT2D eigenvalue weighted by Gasteiger charge is 2.14. The molecule has 1 amide bonds. The number of rotatable bonds is 6. The highest BCUT2D eigenvalue weighted by atomic mass is 79.9. The van der Waals surface area contributed by atoms with Crippen molar-refractivity contribution in [3.63, 3.8) is 0 Å². The summed E-state index contributed by atoms with van der Waals surface area (Å²) in [5.74, 6) is 0.462. The summed E-state index contributed by atoms with van der Waals surface area (Å²) in [5, 5.41) is 17.8. The maximum absolute atomic E-state index is 11.9. The van der Waals surface area contributed by atoms with E-state index in [2.05, 4.69) is 15.9 Å². The summed E-state index contributed by atoms with van der Waals surface area (Å²) in [7, 11) is 3.15. The Morgan fingerprint density at radius 1 is 1.30 bits per heavy atom. The first-order chi connectivity index (χ1) is 10.9. The zero-order valence-corrected chi connectivity index (χ0v) is 14.7. The second-order valence-electron chi connectivity index (χ2n) is 4.57. The lowest BCUT2D eigenvalue weighted by molar-refractivity contribution is -0.124. The largest absolute Gasteiger partial charge is 0.490 e. The topological polar surface area (TPSA) is 86.3 Å². The minimum Gasteiger partial charge on any atom is -0.490 e. The zero-order chi connectivity index (χ0) is 17.4. The van der Waals surface area contributed by atoms with Gasteiger partial charge in [0.1, 0.15) is 17.7 Å². The van der Waals surface area contributed by atoms with E-state index in [4.69, 9.17) is 20.0 Å². The van der Waals surface area contributed by atoms with Crippen molar-refractivity contribution in [3.05, 3.63) is 27.7 Å². The van der Waals surface area contributed by atoms with Gasteiger partial charge in [0.15, 0.2) is 18.1 Å². The van der Waals surface area contributed by atoms with Crippen LogP contribution in [0.25, 0.3) is 6.08 Å². The van der Waals surface area contributed by atoms with Gasteiger partial charge in [-0.1, -0.05) is 15.9 Å². The van der Waals surface area contributed by atoms with E-state index >= 15 is 0 Å². The van der Waals surface area contributed by atoms with Crippen molar-refractivity contribution < 1.29 is 14.3 Å². The van der Waals surface area contributed by atoms with Gasteiger partial charge in [-0.15, -0.1) is 0 Å². The van der Waals surface area contributed by atoms with E-state index in [1.165, 1.54) is 11.0 Å². The molecule has 0 saturated carbocycles. The molecular weight excluding hydrogens is 362 g/mol. The first-order valence-electron chi connectivity index (χ1n) is 6.74. The Balaban J connectivity index is 3.32. The minimum atomic E-state index is -0.387. The predicted molar refractivity (Wildman–Crippen MR) is 88.7 cm³/mol. The summed E-state index contributed by atoms with van der Waals surface area (Å²) in [4.78, 5) is 13.3. The van der Waals surface area contributed by atoms with Crippen LogP contribution in [0.5, 0.6) is 11.5 Å². The number of carbonyl (C=O) groups excluding carboxylic acids is 1. The van der Waals surface area contributed by atoms with Crippen LogP contribution in [0, 0.1) is 22.7 Å². The summed E-state index contributed by atoms with van der Waals surface area (Å²) in [6.45, 7) is 2.13. The highest BCUT2D eigenvalue weighted by Crippen LogP contribution is 2.35. The summed E-state index contributed by atoms with van der Waals surface area (Å²) < 4.78 is 11.4. The van der Waals surface area contributed by atoms with Crippen molar-refractivity contribution in [2.24, 2.45) is 0 Å². The lowest BCUT2D eigenvalue weighted by Crippen LogP contribution is -2.22. The quantitative estimate of drug-likeness (QED) is 0.561. The molecule has 0 aliphatic carbocycles. The van der Waals surface area contributed by atoms with Gasteiger partial charge < -0.3 is 14.4 Å². The van der Waals surface area contributed by atoms with Gasteiger partial charge in [0.05, 0.1) is 6.61 Å². The number of hydrogen-bond donors (Lipinski definition) is 0. The van der Waals surface area contributed by atoms with E-state index in [9.17, 15) is 4.79 Å². The van der Waals surface area contributed by atoms with Crippen LogP contribution in [-0.2, 0) is 4.79 Å². The van der Waals surface area contributed by atoms with E-state index in [0.29, 0.717) is 28.1 Å². The molecule has 0 unspecified atom stereocenters. The van der Waals surface area contributed by atoms with Crippen LogP contribution in [0.15, 0.2) is 22.2 Å². The predicted octanol–water partition coefficient (Wildman–Crippen LogP) is 2.75. The third kappa shape index (κ3) is 5.01. The lowest BCUT2D eigenvalue weighted by Gasteiger charge is -2.13. The van der Waals surface area contributed by atoms with Gasteiger partial charge in [0.2, 0.25) is 0 Å². The molecule has 0 aliphatic heterocycles. The Kier molecular flexibility index (Phi) is 7.11. The Hall–Kier alpha value is -2.51. The van der Waals surface area contributed by atoms with Crippen molar-refractivity contribution in [1.82, 2.24) is 4.90 Å². The zero-order valence-electron chi connectivity index (χ0n) is 13.1. The molecule has 0 atom stereocenters. The molecule has 0 radical (unpaired) electrons. The fourth-order valence-electron chi connectivity index (χ4n) is 1.69. The molecule has 0 aliphatic rings. The normalized spacial score (nSPS) is 10.4. The standard InChI is InChI=1S/C16H16BrN3O3/c1-4-22-14-8-11(7-12(10-19)16(21)20(2)3)13(17)9-15(14)23-6-5-18/h7-9H,4,6H2,1-3H3/b12-7-. The molecule has 0 saturated heterocycles. The first-order valence-corrected chi connectivity index (χ1v) is 7.53. The van der Waals surface area contributed by atoms with Crippen LogP contribution in [0.2, 0.25) is 0 Å². The van der Waals surface area contributed by atoms with E-state index in [1.807, 2.05) is 19.1 Å². The number of nitriles is 2. The molecule has 0 spiro atoms. The van der Waals surface area contributed by atoms with Crippen molar-refractivity contribution in [3.8, 4) is 23.6 Å². The first kappa shape index (κ1) is 18.5. The van der Waals surface area contributed by atoms with Gasteiger partial charge in [-0.25, -0.2) is 0 Å².